The van der Waals surface area contributed by atoms with Crippen molar-refractivity contribution in [2.24, 2.45) is 5.73 Å². The highest BCUT2D eigenvalue weighted by molar-refractivity contribution is 7.99. The van der Waals surface area contributed by atoms with Crippen molar-refractivity contribution in [2.45, 2.75) is 44.0 Å². The van der Waals surface area contributed by atoms with Crippen LogP contribution in [0.25, 0.3) is 0 Å². The van der Waals surface area contributed by atoms with Crippen LogP contribution in [0.5, 0.6) is 0 Å². The summed E-state index contributed by atoms with van der Waals surface area (Å²) in [7, 11) is 0. The summed E-state index contributed by atoms with van der Waals surface area (Å²) < 4.78 is 13.6. The highest BCUT2D eigenvalue weighted by atomic mass is 32.2. The van der Waals surface area contributed by atoms with E-state index in [1.54, 1.807) is 17.8 Å². The molecule has 0 aliphatic heterocycles. The Bertz CT molecular complexity index is 326. The van der Waals surface area contributed by atoms with Crippen molar-refractivity contribution in [1.29, 1.82) is 0 Å². The smallest absolute Gasteiger partial charge is 0.129 e. The van der Waals surface area contributed by atoms with Gasteiger partial charge >= 0.3 is 0 Å². The van der Waals surface area contributed by atoms with Crippen LogP contribution in [0.15, 0.2) is 23.1 Å². The molecule has 3 heteroatoms. The van der Waals surface area contributed by atoms with Gasteiger partial charge in [-0.3, -0.25) is 0 Å². The van der Waals surface area contributed by atoms with Gasteiger partial charge in [0.1, 0.15) is 5.82 Å². The monoisotopic (exact) mass is 241 g/mol. The number of thioether (sulfide) groups is 1. The second-order valence-electron chi connectivity index (χ2n) is 4.00. The molecule has 0 saturated carbocycles. The molecular weight excluding hydrogens is 221 g/mol. The fraction of sp³-hybridized carbons (Fsp3) is 0.538. The molecule has 0 saturated heterocycles. The molecule has 0 aliphatic carbocycles. The van der Waals surface area contributed by atoms with Crippen LogP contribution in [0.3, 0.4) is 0 Å². The second kappa shape index (κ2) is 6.92. The molecular formula is C13H20FNS. The number of nitrogens with two attached hydrogens (primary N) is 1. The summed E-state index contributed by atoms with van der Waals surface area (Å²) in [6.45, 7) is 4.01. The van der Waals surface area contributed by atoms with Crippen molar-refractivity contribution in [3.63, 3.8) is 0 Å². The molecule has 1 atom stereocenters. The number of halogens is 1. The Morgan fingerprint density at radius 2 is 2.12 bits per heavy atom. The first-order chi connectivity index (χ1) is 7.66. The molecule has 0 amide bonds. The third kappa shape index (κ3) is 3.80. The summed E-state index contributed by atoms with van der Waals surface area (Å²) in [6, 6.07) is 4.95. The SMILES string of the molecule is CCCCCSc1cccc(F)c1[C@H](C)N. The van der Waals surface area contributed by atoms with Crippen molar-refractivity contribution in [1.82, 2.24) is 0 Å². The molecule has 0 spiro atoms. The minimum atomic E-state index is -0.241. The van der Waals surface area contributed by atoms with Gasteiger partial charge in [-0.1, -0.05) is 25.8 Å². The van der Waals surface area contributed by atoms with E-state index in [-0.39, 0.29) is 11.9 Å². The van der Waals surface area contributed by atoms with Crippen molar-refractivity contribution < 1.29 is 4.39 Å². The molecule has 0 fully saturated rings. The predicted molar refractivity (Wildman–Crippen MR) is 69.3 cm³/mol. The molecule has 0 unspecified atom stereocenters. The molecule has 0 aliphatic rings. The summed E-state index contributed by atoms with van der Waals surface area (Å²) in [6.07, 6.45) is 3.62. The molecule has 2 N–H and O–H groups in total. The van der Waals surface area contributed by atoms with Crippen LogP contribution in [-0.2, 0) is 0 Å². The molecule has 0 radical (unpaired) electrons. The van der Waals surface area contributed by atoms with E-state index in [0.29, 0.717) is 5.56 Å². The Morgan fingerprint density at radius 1 is 1.38 bits per heavy atom. The van der Waals surface area contributed by atoms with Crippen molar-refractivity contribution in [3.8, 4) is 0 Å². The lowest BCUT2D eigenvalue weighted by Crippen LogP contribution is -2.09. The van der Waals surface area contributed by atoms with Gasteiger partial charge in [0, 0.05) is 16.5 Å². The van der Waals surface area contributed by atoms with Crippen LogP contribution in [-0.4, -0.2) is 5.75 Å². The summed E-state index contributed by atoms with van der Waals surface area (Å²) in [5, 5.41) is 0. The van der Waals surface area contributed by atoms with E-state index >= 15 is 0 Å². The van der Waals surface area contributed by atoms with Crippen molar-refractivity contribution in [2.75, 3.05) is 5.75 Å². The van der Waals surface area contributed by atoms with E-state index < -0.39 is 0 Å². The summed E-state index contributed by atoms with van der Waals surface area (Å²) in [4.78, 5) is 0.992. The van der Waals surface area contributed by atoms with Crippen LogP contribution in [0.1, 0.15) is 44.7 Å². The van der Waals surface area contributed by atoms with E-state index in [1.165, 1.54) is 25.3 Å². The van der Waals surface area contributed by atoms with Gasteiger partial charge < -0.3 is 5.73 Å². The molecule has 90 valence electrons. The zero-order valence-electron chi connectivity index (χ0n) is 10.0. The van der Waals surface area contributed by atoms with Gasteiger partial charge in [0.05, 0.1) is 0 Å². The normalized spacial score (nSPS) is 12.8. The van der Waals surface area contributed by atoms with Crippen LogP contribution in [0, 0.1) is 5.82 Å². The molecule has 1 aromatic carbocycles. The highest BCUT2D eigenvalue weighted by Gasteiger charge is 2.12. The summed E-state index contributed by atoms with van der Waals surface area (Å²) >= 11 is 1.71. The van der Waals surface area contributed by atoms with Crippen LogP contribution in [0.2, 0.25) is 0 Å². The highest BCUT2D eigenvalue weighted by Crippen LogP contribution is 2.29. The van der Waals surface area contributed by atoms with Gasteiger partial charge in [0.25, 0.3) is 0 Å². The summed E-state index contributed by atoms with van der Waals surface area (Å²) in [5.74, 6) is 0.854. The Balaban J connectivity index is 2.67. The molecule has 0 aromatic heterocycles. The van der Waals surface area contributed by atoms with Gasteiger partial charge in [-0.05, 0) is 31.2 Å². The molecule has 0 heterocycles. The molecule has 1 nitrogen and oxygen atoms in total. The third-order valence-electron chi connectivity index (χ3n) is 2.47. The third-order valence-corrected chi connectivity index (χ3v) is 3.63. The number of benzene rings is 1. The first-order valence-electron chi connectivity index (χ1n) is 5.83. The molecule has 0 bridgehead atoms. The number of rotatable bonds is 6. The lowest BCUT2D eigenvalue weighted by molar-refractivity contribution is 0.585. The predicted octanol–water partition coefficient (Wildman–Crippen LogP) is 4.13. The van der Waals surface area contributed by atoms with Crippen LogP contribution >= 0.6 is 11.8 Å². The maximum Gasteiger partial charge on any atom is 0.129 e. The van der Waals surface area contributed by atoms with Crippen LogP contribution in [0.4, 0.5) is 4.39 Å². The minimum Gasteiger partial charge on any atom is -0.324 e. The average Bonchev–Trinajstić information content (AvgIpc) is 2.24. The zero-order valence-corrected chi connectivity index (χ0v) is 10.8. The average molecular weight is 241 g/mol. The largest absolute Gasteiger partial charge is 0.324 e. The maximum atomic E-state index is 13.6. The van der Waals surface area contributed by atoms with Gasteiger partial charge in [-0.2, -0.15) is 0 Å². The first kappa shape index (κ1) is 13.5. The number of hydrogen-bond acceptors (Lipinski definition) is 2. The van der Waals surface area contributed by atoms with Crippen LogP contribution < -0.4 is 5.73 Å². The van der Waals surface area contributed by atoms with Gasteiger partial charge in [0.2, 0.25) is 0 Å². The van der Waals surface area contributed by atoms with Crippen molar-refractivity contribution >= 4 is 11.8 Å². The van der Waals surface area contributed by atoms with E-state index in [1.807, 2.05) is 13.0 Å². The second-order valence-corrected chi connectivity index (χ2v) is 5.13. The first-order valence-corrected chi connectivity index (χ1v) is 6.82. The number of unbranched alkanes of at least 4 members (excludes halogenated alkanes) is 2. The van der Waals surface area contributed by atoms with Gasteiger partial charge in [-0.25, -0.2) is 4.39 Å². The zero-order chi connectivity index (χ0) is 12.0. The molecule has 16 heavy (non-hydrogen) atoms. The standard InChI is InChI=1S/C13H20FNS/c1-3-4-5-9-16-12-8-6-7-11(14)13(12)10(2)15/h6-8,10H,3-5,9,15H2,1-2H3/t10-/m0/s1. The minimum absolute atomic E-state index is 0.185. The maximum absolute atomic E-state index is 13.6. The fourth-order valence-corrected chi connectivity index (χ4v) is 2.80. The Hall–Kier alpha value is -0.540. The van der Waals surface area contributed by atoms with E-state index in [0.717, 1.165) is 10.6 Å². The van der Waals surface area contributed by atoms with Gasteiger partial charge in [0.15, 0.2) is 0 Å². The van der Waals surface area contributed by atoms with E-state index in [2.05, 4.69) is 6.92 Å². The Kier molecular flexibility index (Phi) is 5.85. The van der Waals surface area contributed by atoms with E-state index in [4.69, 9.17) is 5.73 Å². The van der Waals surface area contributed by atoms with Gasteiger partial charge in [-0.15, -0.1) is 11.8 Å². The molecule has 1 aromatic rings. The summed E-state index contributed by atoms with van der Waals surface area (Å²) in [5.41, 5.74) is 6.45. The van der Waals surface area contributed by atoms with Crippen molar-refractivity contribution in [3.05, 3.63) is 29.6 Å². The topological polar surface area (TPSA) is 26.0 Å². The quantitative estimate of drug-likeness (QED) is 0.598. The fourth-order valence-electron chi connectivity index (χ4n) is 1.62. The Morgan fingerprint density at radius 3 is 2.75 bits per heavy atom. The lowest BCUT2D eigenvalue weighted by atomic mass is 10.1. The molecule has 1 rings (SSSR count). The lowest BCUT2D eigenvalue weighted by Gasteiger charge is -2.13. The number of hydrogen-bond donors (Lipinski definition) is 1. The Labute approximate surface area is 102 Å². The van der Waals surface area contributed by atoms with E-state index in [9.17, 15) is 4.39 Å².